The minimum atomic E-state index is -0.269. The van der Waals surface area contributed by atoms with Gasteiger partial charge in [-0.05, 0) is 69.7 Å². The fourth-order valence-electron chi connectivity index (χ4n) is 4.20. The second-order valence-electron chi connectivity index (χ2n) is 9.20. The summed E-state index contributed by atoms with van der Waals surface area (Å²) in [4.78, 5) is 13.3. The number of nitrogen functional groups attached to an aromatic ring is 1. The fourth-order valence-corrected chi connectivity index (χ4v) is 4.20. The van der Waals surface area contributed by atoms with Crippen LogP contribution in [0, 0.1) is 18.3 Å². The lowest BCUT2D eigenvalue weighted by molar-refractivity contribution is 0.413. The van der Waals surface area contributed by atoms with Crippen LogP contribution in [0.25, 0.3) is 39.2 Å². The van der Waals surface area contributed by atoms with Crippen LogP contribution < -0.4 is 5.73 Å². The first-order chi connectivity index (χ1) is 16.3. The van der Waals surface area contributed by atoms with Gasteiger partial charge in [-0.15, -0.1) is 0 Å². The largest absolute Gasteiger partial charge is 0.368 e. The first-order valence-corrected chi connectivity index (χ1v) is 10.9. The summed E-state index contributed by atoms with van der Waals surface area (Å²) in [5, 5.41) is 14.1. The van der Waals surface area contributed by atoms with E-state index in [9.17, 15) is 5.26 Å². The molecule has 3 heterocycles. The Morgan fingerprint density at radius 2 is 1.74 bits per heavy atom. The van der Waals surface area contributed by atoms with Crippen LogP contribution in [0.15, 0.2) is 61.1 Å². The molecule has 0 atom stereocenters. The molecular formula is C26H24N8. The van der Waals surface area contributed by atoms with E-state index in [1.165, 1.54) is 0 Å². The zero-order valence-electron chi connectivity index (χ0n) is 19.5. The molecule has 0 fully saturated rings. The van der Waals surface area contributed by atoms with Gasteiger partial charge in [0.2, 0.25) is 5.95 Å². The van der Waals surface area contributed by atoms with Gasteiger partial charge in [-0.1, -0.05) is 6.07 Å². The van der Waals surface area contributed by atoms with Crippen molar-refractivity contribution in [3.05, 3.63) is 72.3 Å². The summed E-state index contributed by atoms with van der Waals surface area (Å²) in [6, 6.07) is 16.0. The van der Waals surface area contributed by atoms with Gasteiger partial charge in [-0.25, -0.2) is 19.6 Å². The highest BCUT2D eigenvalue weighted by molar-refractivity contribution is 5.87. The summed E-state index contributed by atoms with van der Waals surface area (Å²) < 4.78 is 4.09. The van der Waals surface area contributed by atoms with Crippen LogP contribution in [0.2, 0.25) is 0 Å². The molecule has 0 aliphatic rings. The van der Waals surface area contributed by atoms with E-state index in [1.54, 1.807) is 18.6 Å². The normalized spacial score (nSPS) is 11.6. The van der Waals surface area contributed by atoms with Crippen molar-refractivity contribution in [1.29, 1.82) is 5.26 Å². The Kier molecular flexibility index (Phi) is 4.91. The minimum absolute atomic E-state index is 0.239. The van der Waals surface area contributed by atoms with E-state index in [0.29, 0.717) is 5.56 Å². The Bertz CT molecular complexity index is 1560. The Hall–Kier alpha value is -4.51. The maximum absolute atomic E-state index is 9.62. The summed E-state index contributed by atoms with van der Waals surface area (Å²) >= 11 is 0. The number of nitriles is 1. The Morgan fingerprint density at radius 1 is 0.971 bits per heavy atom. The lowest BCUT2D eigenvalue weighted by Crippen LogP contribution is -2.23. The average Bonchev–Trinajstić information content (AvgIpc) is 3.42. The van der Waals surface area contributed by atoms with Gasteiger partial charge < -0.3 is 10.3 Å². The van der Waals surface area contributed by atoms with Crippen LogP contribution in [-0.4, -0.2) is 29.3 Å². The predicted molar refractivity (Wildman–Crippen MR) is 132 cm³/mol. The molecule has 3 aromatic heterocycles. The van der Waals surface area contributed by atoms with Crippen molar-refractivity contribution in [3.63, 3.8) is 0 Å². The molecule has 8 heteroatoms. The monoisotopic (exact) mass is 448 g/mol. The lowest BCUT2D eigenvalue weighted by atomic mass is 10.0. The minimum Gasteiger partial charge on any atom is -0.368 e. The van der Waals surface area contributed by atoms with Crippen molar-refractivity contribution in [2.24, 2.45) is 0 Å². The summed E-state index contributed by atoms with van der Waals surface area (Å²) in [7, 11) is 0. The van der Waals surface area contributed by atoms with Gasteiger partial charge in [0.1, 0.15) is 5.82 Å². The number of nitrogens with zero attached hydrogens (tertiary/aromatic N) is 7. The predicted octanol–water partition coefficient (Wildman–Crippen LogP) is 4.86. The highest BCUT2D eigenvalue weighted by Crippen LogP contribution is 2.36. The first-order valence-electron chi connectivity index (χ1n) is 10.9. The summed E-state index contributed by atoms with van der Waals surface area (Å²) in [5.74, 6) is 1.01. The number of hydrogen-bond donors (Lipinski definition) is 1. The molecule has 0 spiro atoms. The number of rotatable bonds is 3. The van der Waals surface area contributed by atoms with Crippen LogP contribution in [-0.2, 0) is 5.54 Å². The number of fused-ring (bicyclic) bond motifs is 1. The zero-order chi connectivity index (χ0) is 24.0. The second-order valence-corrected chi connectivity index (χ2v) is 9.20. The highest BCUT2D eigenvalue weighted by atomic mass is 15.3. The van der Waals surface area contributed by atoms with Gasteiger partial charge in [-0.3, -0.25) is 0 Å². The van der Waals surface area contributed by atoms with Crippen molar-refractivity contribution in [2.75, 3.05) is 5.73 Å². The molecule has 0 aliphatic heterocycles. The third-order valence-corrected chi connectivity index (χ3v) is 5.76. The molecule has 2 N–H and O–H groups in total. The molecule has 168 valence electrons. The molecule has 34 heavy (non-hydrogen) atoms. The Labute approximate surface area is 197 Å². The van der Waals surface area contributed by atoms with Crippen molar-refractivity contribution in [1.82, 2.24) is 29.3 Å². The average molecular weight is 449 g/mol. The highest BCUT2D eigenvalue weighted by Gasteiger charge is 2.25. The Balaban J connectivity index is 1.79. The Morgan fingerprint density at radius 3 is 2.38 bits per heavy atom. The summed E-state index contributed by atoms with van der Waals surface area (Å²) in [5.41, 5.74) is 12.3. The van der Waals surface area contributed by atoms with E-state index >= 15 is 0 Å². The number of anilines is 1. The summed E-state index contributed by atoms with van der Waals surface area (Å²) in [6.07, 6.45) is 5.19. The van der Waals surface area contributed by atoms with E-state index in [0.717, 1.165) is 44.9 Å². The van der Waals surface area contributed by atoms with Crippen LogP contribution in [0.5, 0.6) is 0 Å². The third kappa shape index (κ3) is 3.57. The SMILES string of the molecule is Cc1ccnn1-c1ccc(C#N)cc1-c1nc2cc(-c3cnc(N)nc3)ccc2n1C(C)(C)C. The number of aryl methyl sites for hydroxylation is 1. The van der Waals surface area contributed by atoms with E-state index in [4.69, 9.17) is 10.7 Å². The number of imidazole rings is 1. The zero-order valence-corrected chi connectivity index (χ0v) is 19.5. The number of hydrogen-bond acceptors (Lipinski definition) is 6. The van der Waals surface area contributed by atoms with Crippen LogP contribution in [0.3, 0.4) is 0 Å². The molecule has 0 bridgehead atoms. The number of benzene rings is 2. The third-order valence-electron chi connectivity index (χ3n) is 5.76. The maximum atomic E-state index is 9.62. The molecule has 8 nitrogen and oxygen atoms in total. The number of nitrogens with two attached hydrogens (primary N) is 1. The van der Waals surface area contributed by atoms with E-state index < -0.39 is 0 Å². The van der Waals surface area contributed by atoms with Crippen molar-refractivity contribution >= 4 is 17.0 Å². The van der Waals surface area contributed by atoms with Gasteiger partial charge in [0, 0.05) is 41.0 Å². The van der Waals surface area contributed by atoms with Crippen molar-refractivity contribution in [2.45, 2.75) is 33.2 Å². The van der Waals surface area contributed by atoms with Gasteiger partial charge in [0.05, 0.1) is 28.4 Å². The van der Waals surface area contributed by atoms with E-state index in [-0.39, 0.29) is 11.5 Å². The molecular weight excluding hydrogens is 424 g/mol. The molecule has 0 saturated heterocycles. The van der Waals surface area contributed by atoms with E-state index in [1.807, 2.05) is 48.0 Å². The van der Waals surface area contributed by atoms with Crippen LogP contribution in [0.1, 0.15) is 32.0 Å². The second kappa shape index (κ2) is 7.81. The maximum Gasteiger partial charge on any atom is 0.219 e. The number of aromatic nitrogens is 6. The molecule has 5 rings (SSSR count). The molecule has 0 aliphatic carbocycles. The van der Waals surface area contributed by atoms with Gasteiger partial charge in [-0.2, -0.15) is 10.4 Å². The molecule has 0 amide bonds. The topological polar surface area (TPSA) is 111 Å². The molecule has 0 unspecified atom stereocenters. The van der Waals surface area contributed by atoms with E-state index in [2.05, 4.69) is 52.5 Å². The molecule has 0 saturated carbocycles. The molecule has 0 radical (unpaired) electrons. The van der Waals surface area contributed by atoms with Gasteiger partial charge in [0.25, 0.3) is 0 Å². The lowest BCUT2D eigenvalue weighted by Gasteiger charge is -2.25. The van der Waals surface area contributed by atoms with Gasteiger partial charge in [0.15, 0.2) is 0 Å². The van der Waals surface area contributed by atoms with Crippen molar-refractivity contribution in [3.8, 4) is 34.3 Å². The quantitative estimate of drug-likeness (QED) is 0.422. The smallest absolute Gasteiger partial charge is 0.219 e. The standard InChI is InChI=1S/C26H24N8/c1-16-9-10-31-34(16)22-7-5-17(13-27)11-20(22)24-32-21-12-18(19-14-29-25(28)30-15-19)6-8-23(21)33(24)26(2,3)4/h5-12,14-15H,1-4H3,(H2,28,29,30). The first kappa shape index (κ1) is 21.3. The van der Waals surface area contributed by atoms with Crippen LogP contribution >= 0.6 is 0 Å². The summed E-state index contributed by atoms with van der Waals surface area (Å²) in [6.45, 7) is 8.44. The van der Waals surface area contributed by atoms with Gasteiger partial charge >= 0.3 is 0 Å². The van der Waals surface area contributed by atoms with Crippen molar-refractivity contribution < 1.29 is 0 Å². The fraction of sp³-hybridized carbons (Fsp3) is 0.192. The molecule has 2 aromatic carbocycles. The van der Waals surface area contributed by atoms with Crippen LogP contribution in [0.4, 0.5) is 5.95 Å². The molecule has 5 aromatic rings.